The first-order valence-electron chi connectivity index (χ1n) is 5.12. The Kier molecular flexibility index (Phi) is 7.35. The molecule has 0 aliphatic rings. The van der Waals surface area contributed by atoms with E-state index in [9.17, 15) is 9.59 Å². The normalized spacial score (nSPS) is 11.5. The number of hydrogen-bond donors (Lipinski definition) is 0. The molecule has 0 amide bonds. The SMILES string of the molecule is C#CCC(C)CCC(=O)CCC(=O)OC. The van der Waals surface area contributed by atoms with E-state index in [0.29, 0.717) is 18.8 Å². The van der Waals surface area contributed by atoms with E-state index < -0.39 is 0 Å². The van der Waals surface area contributed by atoms with Crippen molar-refractivity contribution in [1.29, 1.82) is 0 Å². The van der Waals surface area contributed by atoms with E-state index in [1.54, 1.807) is 0 Å². The maximum atomic E-state index is 11.3. The monoisotopic (exact) mass is 210 g/mol. The van der Waals surface area contributed by atoms with Crippen molar-refractivity contribution in [1.82, 2.24) is 0 Å². The molecule has 1 atom stereocenters. The number of methoxy groups -OCH3 is 1. The van der Waals surface area contributed by atoms with E-state index in [1.165, 1.54) is 7.11 Å². The van der Waals surface area contributed by atoms with Crippen LogP contribution in [0.3, 0.4) is 0 Å². The van der Waals surface area contributed by atoms with Crippen LogP contribution in [0.1, 0.15) is 39.0 Å². The first-order valence-corrected chi connectivity index (χ1v) is 5.12. The van der Waals surface area contributed by atoms with Crippen LogP contribution in [-0.2, 0) is 14.3 Å². The average Bonchev–Trinajstić information content (AvgIpc) is 2.23. The van der Waals surface area contributed by atoms with Gasteiger partial charge in [-0.15, -0.1) is 12.3 Å². The van der Waals surface area contributed by atoms with Crippen LogP contribution in [0, 0.1) is 18.3 Å². The minimum Gasteiger partial charge on any atom is -0.469 e. The molecule has 0 radical (unpaired) electrons. The Morgan fingerprint density at radius 1 is 1.33 bits per heavy atom. The number of Topliss-reactive ketones (excluding diaryl/α,β-unsaturated/α-hetero) is 1. The second-order valence-corrected chi connectivity index (χ2v) is 3.67. The fraction of sp³-hybridized carbons (Fsp3) is 0.667. The smallest absolute Gasteiger partial charge is 0.305 e. The lowest BCUT2D eigenvalue weighted by atomic mass is 9.99. The fourth-order valence-corrected chi connectivity index (χ4v) is 1.18. The van der Waals surface area contributed by atoms with E-state index in [2.05, 4.69) is 10.7 Å². The molecule has 0 N–H and O–H groups in total. The molecule has 0 fully saturated rings. The van der Waals surface area contributed by atoms with Gasteiger partial charge in [0.1, 0.15) is 5.78 Å². The summed E-state index contributed by atoms with van der Waals surface area (Å²) in [6, 6.07) is 0. The van der Waals surface area contributed by atoms with Crippen LogP contribution in [0.25, 0.3) is 0 Å². The van der Waals surface area contributed by atoms with E-state index in [4.69, 9.17) is 6.42 Å². The van der Waals surface area contributed by atoms with Gasteiger partial charge in [-0.3, -0.25) is 9.59 Å². The van der Waals surface area contributed by atoms with E-state index in [0.717, 1.165) is 6.42 Å². The van der Waals surface area contributed by atoms with Crippen molar-refractivity contribution in [2.45, 2.75) is 39.0 Å². The molecule has 0 heterocycles. The standard InChI is InChI=1S/C12H18O3/c1-4-5-10(2)6-7-11(13)8-9-12(14)15-3/h1,10H,5-9H2,2-3H3. The molecular weight excluding hydrogens is 192 g/mol. The van der Waals surface area contributed by atoms with Gasteiger partial charge in [0, 0.05) is 19.3 Å². The summed E-state index contributed by atoms with van der Waals surface area (Å²) in [5.41, 5.74) is 0. The van der Waals surface area contributed by atoms with Crippen molar-refractivity contribution in [3.8, 4) is 12.3 Å². The molecular formula is C12H18O3. The number of ether oxygens (including phenoxy) is 1. The molecule has 0 rings (SSSR count). The van der Waals surface area contributed by atoms with Gasteiger partial charge in [0.15, 0.2) is 0 Å². The fourth-order valence-electron chi connectivity index (χ4n) is 1.18. The predicted octanol–water partition coefficient (Wildman–Crippen LogP) is 1.95. The highest BCUT2D eigenvalue weighted by atomic mass is 16.5. The Bertz CT molecular complexity index is 250. The number of terminal acetylenes is 1. The topological polar surface area (TPSA) is 43.4 Å². The largest absolute Gasteiger partial charge is 0.469 e. The Morgan fingerprint density at radius 3 is 2.53 bits per heavy atom. The summed E-state index contributed by atoms with van der Waals surface area (Å²) < 4.78 is 4.45. The van der Waals surface area contributed by atoms with Crippen LogP contribution in [-0.4, -0.2) is 18.9 Å². The summed E-state index contributed by atoms with van der Waals surface area (Å²) in [4.78, 5) is 22.1. The highest BCUT2D eigenvalue weighted by Gasteiger charge is 2.08. The third-order valence-electron chi connectivity index (χ3n) is 2.22. The van der Waals surface area contributed by atoms with Gasteiger partial charge in [-0.05, 0) is 12.3 Å². The third-order valence-corrected chi connectivity index (χ3v) is 2.22. The van der Waals surface area contributed by atoms with E-state index in [1.807, 2.05) is 6.92 Å². The molecule has 0 saturated carbocycles. The summed E-state index contributed by atoms with van der Waals surface area (Å²) in [5, 5.41) is 0. The second-order valence-electron chi connectivity index (χ2n) is 3.67. The van der Waals surface area contributed by atoms with Crippen molar-refractivity contribution in [3.05, 3.63) is 0 Å². The summed E-state index contributed by atoms with van der Waals surface area (Å²) in [5.74, 6) is 2.71. The zero-order valence-corrected chi connectivity index (χ0v) is 9.41. The molecule has 0 saturated heterocycles. The van der Waals surface area contributed by atoms with Crippen LogP contribution in [0.4, 0.5) is 0 Å². The molecule has 3 nitrogen and oxygen atoms in total. The van der Waals surface area contributed by atoms with Gasteiger partial charge in [0.2, 0.25) is 0 Å². The molecule has 3 heteroatoms. The zero-order valence-electron chi connectivity index (χ0n) is 9.41. The number of carbonyl (C=O) groups excluding carboxylic acids is 2. The number of esters is 1. The molecule has 0 aromatic carbocycles. The van der Waals surface area contributed by atoms with Gasteiger partial charge in [-0.2, -0.15) is 0 Å². The minimum absolute atomic E-state index is 0.101. The Balaban J connectivity index is 3.58. The lowest BCUT2D eigenvalue weighted by Crippen LogP contribution is -2.07. The zero-order chi connectivity index (χ0) is 11.7. The van der Waals surface area contributed by atoms with Crippen LogP contribution in [0.15, 0.2) is 0 Å². The van der Waals surface area contributed by atoms with Crippen molar-refractivity contribution in [3.63, 3.8) is 0 Å². The van der Waals surface area contributed by atoms with Crippen molar-refractivity contribution >= 4 is 11.8 Å². The number of ketones is 1. The van der Waals surface area contributed by atoms with Crippen LogP contribution in [0.2, 0.25) is 0 Å². The highest BCUT2D eigenvalue weighted by molar-refractivity contribution is 5.82. The number of carbonyl (C=O) groups is 2. The second kappa shape index (κ2) is 8.05. The van der Waals surface area contributed by atoms with Gasteiger partial charge >= 0.3 is 5.97 Å². The summed E-state index contributed by atoms with van der Waals surface area (Å²) in [6.07, 6.45) is 7.60. The Morgan fingerprint density at radius 2 is 2.00 bits per heavy atom. The quantitative estimate of drug-likeness (QED) is 0.476. The lowest BCUT2D eigenvalue weighted by Gasteiger charge is -2.06. The van der Waals surface area contributed by atoms with Crippen molar-refractivity contribution in [2.75, 3.05) is 7.11 Å². The lowest BCUT2D eigenvalue weighted by molar-refractivity contribution is -0.141. The van der Waals surface area contributed by atoms with Gasteiger partial charge < -0.3 is 4.74 Å². The summed E-state index contributed by atoms with van der Waals surface area (Å²) >= 11 is 0. The predicted molar refractivity (Wildman–Crippen MR) is 58.1 cm³/mol. The Hall–Kier alpha value is -1.30. The molecule has 84 valence electrons. The first-order chi connectivity index (χ1) is 7.10. The Labute approximate surface area is 91.2 Å². The third kappa shape index (κ3) is 7.75. The minimum atomic E-state index is -0.333. The molecule has 0 aromatic rings. The van der Waals surface area contributed by atoms with Crippen molar-refractivity contribution < 1.29 is 14.3 Å². The molecule has 0 spiro atoms. The molecule has 15 heavy (non-hydrogen) atoms. The van der Waals surface area contributed by atoms with Crippen LogP contribution < -0.4 is 0 Å². The van der Waals surface area contributed by atoms with Crippen molar-refractivity contribution in [2.24, 2.45) is 5.92 Å². The molecule has 0 aliphatic heterocycles. The van der Waals surface area contributed by atoms with E-state index >= 15 is 0 Å². The van der Waals surface area contributed by atoms with Crippen LogP contribution >= 0.6 is 0 Å². The highest BCUT2D eigenvalue weighted by Crippen LogP contribution is 2.11. The molecule has 1 unspecified atom stereocenters. The number of rotatable bonds is 7. The maximum absolute atomic E-state index is 11.3. The molecule has 0 bridgehead atoms. The number of hydrogen-bond acceptors (Lipinski definition) is 3. The molecule has 0 aliphatic carbocycles. The van der Waals surface area contributed by atoms with Gasteiger partial charge in [-0.25, -0.2) is 0 Å². The first kappa shape index (κ1) is 13.7. The maximum Gasteiger partial charge on any atom is 0.305 e. The average molecular weight is 210 g/mol. The van der Waals surface area contributed by atoms with Gasteiger partial charge in [-0.1, -0.05) is 6.92 Å². The van der Waals surface area contributed by atoms with Gasteiger partial charge in [0.25, 0.3) is 0 Å². The van der Waals surface area contributed by atoms with E-state index in [-0.39, 0.29) is 24.6 Å². The summed E-state index contributed by atoms with van der Waals surface area (Å²) in [6.45, 7) is 2.02. The summed E-state index contributed by atoms with van der Waals surface area (Å²) in [7, 11) is 1.32. The van der Waals surface area contributed by atoms with Crippen LogP contribution in [0.5, 0.6) is 0 Å². The van der Waals surface area contributed by atoms with Gasteiger partial charge in [0.05, 0.1) is 13.5 Å². The molecule has 0 aromatic heterocycles.